The molecule has 0 radical (unpaired) electrons. The van der Waals surface area contributed by atoms with Crippen molar-refractivity contribution in [2.24, 2.45) is 5.11 Å². The van der Waals surface area contributed by atoms with Crippen LogP contribution in [0.15, 0.2) is 16.8 Å². The van der Waals surface area contributed by atoms with E-state index in [-0.39, 0.29) is 0 Å². The number of methoxy groups -OCH3 is 2. The van der Waals surface area contributed by atoms with Gasteiger partial charge in [-0.25, -0.2) is 0 Å². The second-order valence-electron chi connectivity index (χ2n) is 7.13. The van der Waals surface area contributed by atoms with E-state index in [1.165, 1.54) is 14.2 Å². The van der Waals surface area contributed by atoms with Crippen LogP contribution in [-0.2, 0) is 28.4 Å². The van der Waals surface area contributed by atoms with Crippen molar-refractivity contribution in [2.75, 3.05) is 20.8 Å². The Hall–Kier alpha value is -1.19. The molecule has 0 bridgehead atoms. The Morgan fingerprint density at radius 2 is 1.68 bits per heavy atom. The van der Waals surface area contributed by atoms with Gasteiger partial charge in [-0.1, -0.05) is 11.2 Å². The fraction of sp³-hybridized carbons (Fsp3) is 0.875. The highest BCUT2D eigenvalue weighted by molar-refractivity contribution is 5.25. The molecular formula is C16H25N3O6. The number of rotatable bonds is 3. The molecule has 9 nitrogen and oxygen atoms in total. The molecule has 0 aromatic carbocycles. The Balaban J connectivity index is 2.03. The van der Waals surface area contributed by atoms with E-state index in [4.69, 9.17) is 34.0 Å². The summed E-state index contributed by atoms with van der Waals surface area (Å²) < 4.78 is 35.4. The predicted molar refractivity (Wildman–Crippen MR) is 86.5 cm³/mol. The average molecular weight is 355 g/mol. The lowest BCUT2D eigenvalue weighted by molar-refractivity contribution is -0.460. The number of ether oxygens (including phenoxy) is 6. The van der Waals surface area contributed by atoms with Crippen molar-refractivity contribution < 1.29 is 28.4 Å². The van der Waals surface area contributed by atoms with Gasteiger partial charge in [0.2, 0.25) is 11.6 Å². The first-order valence-electron chi connectivity index (χ1n) is 8.21. The maximum Gasteiger partial charge on any atom is 0.220 e. The van der Waals surface area contributed by atoms with E-state index in [0.717, 1.165) is 5.57 Å². The molecule has 1 aliphatic carbocycles. The quantitative estimate of drug-likeness (QED) is 0.333. The topological polar surface area (TPSA) is 104 Å². The number of azide groups is 1. The molecule has 6 atom stereocenters. The fourth-order valence-electron chi connectivity index (χ4n) is 3.48. The number of hydrogen-bond acceptors (Lipinski definition) is 7. The molecule has 0 unspecified atom stereocenters. The Bertz CT molecular complexity index is 619. The number of hydrogen-bond donors (Lipinski definition) is 0. The smallest absolute Gasteiger partial charge is 0.220 e. The molecule has 2 saturated heterocycles. The highest BCUT2D eigenvalue weighted by Gasteiger charge is 2.61. The van der Waals surface area contributed by atoms with E-state index < -0.39 is 41.7 Å². The van der Waals surface area contributed by atoms with Gasteiger partial charge < -0.3 is 28.4 Å². The first kappa shape index (κ1) is 18.6. The van der Waals surface area contributed by atoms with E-state index in [9.17, 15) is 0 Å². The second-order valence-corrected chi connectivity index (χ2v) is 7.13. The van der Waals surface area contributed by atoms with Gasteiger partial charge in [-0.3, -0.25) is 0 Å². The van der Waals surface area contributed by atoms with E-state index in [2.05, 4.69) is 10.0 Å². The molecule has 3 aliphatic rings. The van der Waals surface area contributed by atoms with Gasteiger partial charge in [0.05, 0.1) is 12.6 Å². The zero-order chi connectivity index (χ0) is 18.5. The van der Waals surface area contributed by atoms with Crippen LogP contribution >= 0.6 is 0 Å². The van der Waals surface area contributed by atoms with Crippen LogP contribution in [0, 0.1) is 0 Å². The lowest BCUT2D eigenvalue weighted by Crippen LogP contribution is -2.71. The van der Waals surface area contributed by atoms with Crippen LogP contribution in [0.5, 0.6) is 0 Å². The summed E-state index contributed by atoms with van der Waals surface area (Å²) in [6.07, 6.45) is 0.323. The Morgan fingerprint density at radius 3 is 2.24 bits per heavy atom. The van der Waals surface area contributed by atoms with Crippen molar-refractivity contribution in [3.8, 4) is 0 Å². The summed E-state index contributed by atoms with van der Waals surface area (Å²) in [7, 11) is 3.04. The van der Waals surface area contributed by atoms with Crippen molar-refractivity contribution in [3.05, 3.63) is 22.1 Å². The predicted octanol–water partition coefficient (Wildman–Crippen LogP) is 2.27. The van der Waals surface area contributed by atoms with Crippen molar-refractivity contribution in [3.63, 3.8) is 0 Å². The average Bonchev–Trinajstić information content (AvgIpc) is 2.57. The molecule has 25 heavy (non-hydrogen) atoms. The van der Waals surface area contributed by atoms with E-state index in [0.29, 0.717) is 6.61 Å². The van der Waals surface area contributed by atoms with Crippen LogP contribution in [0.25, 0.3) is 10.4 Å². The molecule has 0 amide bonds. The Labute approximate surface area is 146 Å². The van der Waals surface area contributed by atoms with Gasteiger partial charge in [-0.05, 0) is 38.8 Å². The molecule has 0 aromatic heterocycles. The lowest BCUT2D eigenvalue weighted by Gasteiger charge is -2.56. The summed E-state index contributed by atoms with van der Waals surface area (Å²) in [5.74, 6) is -3.11. The second kappa shape index (κ2) is 6.21. The maximum atomic E-state index is 8.94. The van der Waals surface area contributed by atoms with Crippen molar-refractivity contribution >= 4 is 0 Å². The lowest BCUT2D eigenvalue weighted by atomic mass is 9.85. The zero-order valence-electron chi connectivity index (χ0n) is 15.4. The van der Waals surface area contributed by atoms with Crippen LogP contribution < -0.4 is 0 Å². The molecule has 2 aliphatic heterocycles. The van der Waals surface area contributed by atoms with Gasteiger partial charge in [-0.2, -0.15) is 0 Å². The summed E-state index contributed by atoms with van der Waals surface area (Å²) in [6.45, 7) is 7.53. The van der Waals surface area contributed by atoms with Gasteiger partial charge in [0.1, 0.15) is 18.3 Å². The molecule has 0 spiro atoms. The fourth-order valence-corrected chi connectivity index (χ4v) is 3.48. The van der Waals surface area contributed by atoms with Gasteiger partial charge in [-0.15, -0.1) is 0 Å². The minimum absolute atomic E-state index is 0.368. The first-order valence-corrected chi connectivity index (χ1v) is 8.21. The van der Waals surface area contributed by atoms with Gasteiger partial charge >= 0.3 is 0 Å². The van der Waals surface area contributed by atoms with Crippen LogP contribution in [0.3, 0.4) is 0 Å². The Morgan fingerprint density at radius 1 is 1.08 bits per heavy atom. The van der Waals surface area contributed by atoms with Crippen LogP contribution in [0.4, 0.5) is 0 Å². The molecule has 2 fully saturated rings. The molecule has 9 heteroatoms. The largest absolute Gasteiger partial charge is 0.349 e. The number of fused-ring (bicyclic) bond motifs is 3. The van der Waals surface area contributed by atoms with Crippen molar-refractivity contribution in [1.82, 2.24) is 0 Å². The third-order valence-corrected chi connectivity index (χ3v) is 5.22. The molecule has 0 aromatic rings. The zero-order valence-corrected chi connectivity index (χ0v) is 15.4. The highest BCUT2D eigenvalue weighted by Crippen LogP contribution is 2.46. The number of nitrogens with zero attached hydrogens (tertiary/aromatic N) is 3. The van der Waals surface area contributed by atoms with E-state index >= 15 is 0 Å². The van der Waals surface area contributed by atoms with Gasteiger partial charge in [0.15, 0.2) is 5.79 Å². The summed E-state index contributed by atoms with van der Waals surface area (Å²) in [5.41, 5.74) is 9.80. The minimum atomic E-state index is -1.18. The summed E-state index contributed by atoms with van der Waals surface area (Å²) in [6, 6.07) is -0.564. The van der Waals surface area contributed by atoms with Crippen molar-refractivity contribution in [1.29, 1.82) is 0 Å². The van der Waals surface area contributed by atoms with E-state index in [1.54, 1.807) is 13.8 Å². The SMILES string of the molecule is CO[C@]1(C)O[C@@H]2[C@@H](O[C@@]1(C)OC)[C@@H]1OC(C)(C)OCC1=C[C@@H]2N=[N+]=[N-]. The first-order chi connectivity index (χ1) is 11.7. The summed E-state index contributed by atoms with van der Waals surface area (Å²) >= 11 is 0. The molecule has 3 rings (SSSR count). The standard InChI is InChI=1S/C16H25N3O6/c1-14(2)22-8-9-7-10(18-19-17)12-13(11(9)23-14)25-16(4,21-6)15(3,20-5)24-12/h7,10-13H,8H2,1-6H3/t10-,11+,12-,13-,15+,16+/m0/s1. The summed E-state index contributed by atoms with van der Waals surface area (Å²) in [4.78, 5) is 2.94. The molecule has 0 N–H and O–H groups in total. The molecule has 140 valence electrons. The van der Waals surface area contributed by atoms with Gasteiger partial charge in [0, 0.05) is 19.1 Å². The van der Waals surface area contributed by atoms with Crippen LogP contribution in [0.2, 0.25) is 0 Å². The highest BCUT2D eigenvalue weighted by atomic mass is 16.8. The third-order valence-electron chi connectivity index (χ3n) is 5.22. The minimum Gasteiger partial charge on any atom is -0.349 e. The monoisotopic (exact) mass is 355 g/mol. The molecular weight excluding hydrogens is 330 g/mol. The normalized spacial score (nSPS) is 45.6. The van der Waals surface area contributed by atoms with E-state index in [1.807, 2.05) is 19.9 Å². The molecule has 2 heterocycles. The van der Waals surface area contributed by atoms with Crippen LogP contribution in [0.1, 0.15) is 27.7 Å². The molecule has 0 saturated carbocycles. The third kappa shape index (κ3) is 2.96. The summed E-state index contributed by atoms with van der Waals surface area (Å²) in [5, 5.41) is 3.86. The van der Waals surface area contributed by atoms with Crippen LogP contribution in [-0.4, -0.2) is 62.5 Å². The Kier molecular flexibility index (Phi) is 4.62. The van der Waals surface area contributed by atoms with Crippen molar-refractivity contribution in [2.45, 2.75) is 69.4 Å². The maximum absolute atomic E-state index is 8.94. The van der Waals surface area contributed by atoms with Gasteiger partial charge in [0.25, 0.3) is 0 Å².